The molecular weight excluding hydrogens is 348 g/mol. The number of hydrogen-bond acceptors (Lipinski definition) is 4. The lowest BCUT2D eigenvalue weighted by Crippen LogP contribution is -2.45. The van der Waals surface area contributed by atoms with Gasteiger partial charge in [0.1, 0.15) is 5.82 Å². The third kappa shape index (κ3) is 4.20. The zero-order chi connectivity index (χ0) is 19.4. The number of anilines is 1. The van der Waals surface area contributed by atoms with Crippen molar-refractivity contribution in [2.75, 3.05) is 44.7 Å². The minimum absolute atomic E-state index is 0.0534. The van der Waals surface area contributed by atoms with E-state index in [4.69, 9.17) is 0 Å². The second-order valence-corrected chi connectivity index (χ2v) is 8.27. The van der Waals surface area contributed by atoms with Gasteiger partial charge in [0.15, 0.2) is 0 Å². The van der Waals surface area contributed by atoms with Crippen LogP contribution >= 0.6 is 0 Å². The molecule has 1 aromatic heterocycles. The molecule has 2 aliphatic rings. The summed E-state index contributed by atoms with van der Waals surface area (Å²) in [5.41, 5.74) is 2.46. The van der Waals surface area contributed by atoms with Crippen molar-refractivity contribution in [3.05, 3.63) is 59.8 Å². The van der Waals surface area contributed by atoms with Crippen LogP contribution in [0.25, 0.3) is 0 Å². The van der Waals surface area contributed by atoms with Crippen molar-refractivity contribution in [2.45, 2.75) is 25.7 Å². The van der Waals surface area contributed by atoms with Crippen LogP contribution in [0.5, 0.6) is 0 Å². The molecule has 5 nitrogen and oxygen atoms in total. The lowest BCUT2D eigenvalue weighted by Gasteiger charge is -2.40. The van der Waals surface area contributed by atoms with Crippen LogP contribution in [0.2, 0.25) is 0 Å². The van der Waals surface area contributed by atoms with Gasteiger partial charge in [0.05, 0.1) is 0 Å². The Labute approximate surface area is 167 Å². The lowest BCUT2D eigenvalue weighted by atomic mass is 9.79. The van der Waals surface area contributed by atoms with Gasteiger partial charge < -0.3 is 15.1 Å². The van der Waals surface area contributed by atoms with Crippen molar-refractivity contribution >= 4 is 11.7 Å². The number of carbonyl (C=O) groups excluding carboxylic acids is 1. The van der Waals surface area contributed by atoms with E-state index in [1.165, 1.54) is 37.9 Å². The van der Waals surface area contributed by atoms with E-state index in [1.54, 1.807) is 19.3 Å². The predicted octanol–water partition coefficient (Wildman–Crippen LogP) is 2.98. The minimum Gasteiger partial charge on any atom is -0.356 e. The second kappa shape index (κ2) is 8.31. The molecule has 0 aliphatic carbocycles. The Bertz CT molecular complexity index is 809. The maximum atomic E-state index is 11.9. The maximum Gasteiger partial charge on any atom is 0.251 e. The van der Waals surface area contributed by atoms with Gasteiger partial charge in [-0.25, -0.2) is 4.98 Å². The Kier molecular flexibility index (Phi) is 5.62. The number of nitrogens with zero attached hydrogens (tertiary/aromatic N) is 3. The van der Waals surface area contributed by atoms with Crippen LogP contribution in [0.3, 0.4) is 0 Å². The Morgan fingerprint density at radius 1 is 1.14 bits per heavy atom. The van der Waals surface area contributed by atoms with Crippen LogP contribution in [0.1, 0.15) is 35.2 Å². The van der Waals surface area contributed by atoms with Crippen molar-refractivity contribution in [2.24, 2.45) is 5.41 Å². The first-order valence-electron chi connectivity index (χ1n) is 10.4. The first-order chi connectivity index (χ1) is 13.7. The van der Waals surface area contributed by atoms with Gasteiger partial charge in [0.2, 0.25) is 0 Å². The summed E-state index contributed by atoms with van der Waals surface area (Å²) in [5, 5.41) is 2.70. The average Bonchev–Trinajstić information content (AvgIpc) is 3.15. The summed E-state index contributed by atoms with van der Waals surface area (Å²) in [6, 6.07) is 14.5. The summed E-state index contributed by atoms with van der Waals surface area (Å²) in [6.45, 7) is 5.58. The number of hydrogen-bond donors (Lipinski definition) is 1. The largest absolute Gasteiger partial charge is 0.356 e. The SMILES string of the molecule is CNC(=O)c1ccnc(N2CC[C@]3(CCCN(CCc4ccccc4)C3)C2)c1. The number of carbonyl (C=O) groups is 1. The number of nitrogens with one attached hydrogen (secondary N) is 1. The Morgan fingerprint density at radius 3 is 2.82 bits per heavy atom. The van der Waals surface area contributed by atoms with Crippen LogP contribution < -0.4 is 10.2 Å². The summed E-state index contributed by atoms with van der Waals surface area (Å²) in [6.07, 6.45) is 6.64. The molecule has 2 aliphatic heterocycles. The van der Waals surface area contributed by atoms with Crippen molar-refractivity contribution in [1.29, 1.82) is 0 Å². The molecule has 1 N–H and O–H groups in total. The Hall–Kier alpha value is -2.40. The van der Waals surface area contributed by atoms with E-state index < -0.39 is 0 Å². The van der Waals surface area contributed by atoms with Crippen LogP contribution in [0.15, 0.2) is 48.7 Å². The maximum absolute atomic E-state index is 11.9. The highest BCUT2D eigenvalue weighted by Crippen LogP contribution is 2.40. The van der Waals surface area contributed by atoms with Gasteiger partial charge in [-0.2, -0.15) is 0 Å². The zero-order valence-corrected chi connectivity index (χ0v) is 16.7. The zero-order valence-electron chi connectivity index (χ0n) is 16.7. The van der Waals surface area contributed by atoms with Crippen LogP contribution in [-0.2, 0) is 6.42 Å². The Balaban J connectivity index is 1.39. The summed E-state index contributed by atoms with van der Waals surface area (Å²) in [5.74, 6) is 0.877. The third-order valence-corrected chi connectivity index (χ3v) is 6.30. The molecule has 0 saturated carbocycles. The third-order valence-electron chi connectivity index (χ3n) is 6.30. The predicted molar refractivity (Wildman–Crippen MR) is 113 cm³/mol. The molecule has 148 valence electrons. The molecule has 28 heavy (non-hydrogen) atoms. The van der Waals surface area contributed by atoms with Gasteiger partial charge in [-0.3, -0.25) is 4.79 Å². The van der Waals surface area contributed by atoms with E-state index in [2.05, 4.69) is 50.4 Å². The number of amides is 1. The number of rotatable bonds is 5. The summed E-state index contributed by atoms with van der Waals surface area (Å²) >= 11 is 0. The average molecular weight is 379 g/mol. The molecule has 4 rings (SSSR count). The van der Waals surface area contributed by atoms with Crippen LogP contribution in [0, 0.1) is 5.41 Å². The second-order valence-electron chi connectivity index (χ2n) is 8.27. The first kappa shape index (κ1) is 18.9. The van der Waals surface area contributed by atoms with Gasteiger partial charge in [-0.15, -0.1) is 0 Å². The molecule has 5 heteroatoms. The van der Waals surface area contributed by atoms with Gasteiger partial charge >= 0.3 is 0 Å². The number of likely N-dealkylation sites (tertiary alicyclic amines) is 1. The van der Waals surface area contributed by atoms with Crippen molar-refractivity contribution in [3.63, 3.8) is 0 Å². The highest BCUT2D eigenvalue weighted by Gasteiger charge is 2.41. The van der Waals surface area contributed by atoms with E-state index in [1.807, 2.05) is 6.07 Å². The summed E-state index contributed by atoms with van der Waals surface area (Å²) in [7, 11) is 1.67. The molecule has 2 fully saturated rings. The van der Waals surface area contributed by atoms with E-state index in [0.29, 0.717) is 11.0 Å². The number of aromatic nitrogens is 1. The van der Waals surface area contributed by atoms with Gasteiger partial charge in [0, 0.05) is 50.4 Å². The molecule has 2 aromatic rings. The molecule has 0 unspecified atom stereocenters. The number of piperidine rings is 1. The fourth-order valence-corrected chi connectivity index (χ4v) is 4.77. The minimum atomic E-state index is -0.0534. The van der Waals surface area contributed by atoms with E-state index in [-0.39, 0.29) is 5.91 Å². The Morgan fingerprint density at radius 2 is 2.00 bits per heavy atom. The molecule has 1 atom stereocenters. The molecule has 1 spiro atoms. The van der Waals surface area contributed by atoms with Crippen LogP contribution in [-0.4, -0.2) is 55.6 Å². The monoisotopic (exact) mass is 378 g/mol. The van der Waals surface area contributed by atoms with E-state index >= 15 is 0 Å². The van der Waals surface area contributed by atoms with Gasteiger partial charge in [-0.05, 0) is 49.9 Å². The molecule has 0 bridgehead atoms. The summed E-state index contributed by atoms with van der Waals surface area (Å²) in [4.78, 5) is 21.5. The lowest BCUT2D eigenvalue weighted by molar-refractivity contribution is 0.0963. The molecule has 2 saturated heterocycles. The van der Waals surface area contributed by atoms with Gasteiger partial charge in [-0.1, -0.05) is 30.3 Å². The molecule has 3 heterocycles. The molecular formula is C23H30N4O. The van der Waals surface area contributed by atoms with Crippen LogP contribution in [0.4, 0.5) is 5.82 Å². The fraction of sp³-hybridized carbons (Fsp3) is 0.478. The smallest absolute Gasteiger partial charge is 0.251 e. The summed E-state index contributed by atoms with van der Waals surface area (Å²) < 4.78 is 0. The molecule has 0 radical (unpaired) electrons. The van der Waals surface area contributed by atoms with Crippen molar-refractivity contribution in [1.82, 2.24) is 15.2 Å². The topological polar surface area (TPSA) is 48.5 Å². The first-order valence-corrected chi connectivity index (χ1v) is 10.4. The highest BCUT2D eigenvalue weighted by molar-refractivity contribution is 5.94. The standard InChI is InChI=1S/C23H30N4O/c1-24-22(28)20-8-12-25-21(16-20)27-15-11-23(18-27)10-5-13-26(17-23)14-9-19-6-3-2-4-7-19/h2-4,6-8,12,16H,5,9-11,13-15,17-18H2,1H3,(H,24,28)/t23-/m0/s1. The highest BCUT2D eigenvalue weighted by atomic mass is 16.1. The normalized spacial score (nSPS) is 22.5. The number of benzene rings is 1. The molecule has 1 amide bonds. The van der Waals surface area contributed by atoms with E-state index in [0.717, 1.165) is 31.9 Å². The fourth-order valence-electron chi connectivity index (χ4n) is 4.77. The van der Waals surface area contributed by atoms with Crippen molar-refractivity contribution < 1.29 is 4.79 Å². The molecule has 1 aromatic carbocycles. The number of pyridine rings is 1. The van der Waals surface area contributed by atoms with E-state index in [9.17, 15) is 4.79 Å². The quantitative estimate of drug-likeness (QED) is 0.869. The van der Waals surface area contributed by atoms with Gasteiger partial charge in [0.25, 0.3) is 5.91 Å². The van der Waals surface area contributed by atoms with Crippen molar-refractivity contribution in [3.8, 4) is 0 Å².